The summed E-state index contributed by atoms with van der Waals surface area (Å²) >= 11 is 7.58. The van der Waals surface area contributed by atoms with Crippen molar-refractivity contribution in [3.63, 3.8) is 0 Å². The fourth-order valence-corrected chi connectivity index (χ4v) is 3.42. The van der Waals surface area contributed by atoms with Crippen molar-refractivity contribution >= 4 is 34.7 Å². The third kappa shape index (κ3) is 5.00. The van der Waals surface area contributed by atoms with Gasteiger partial charge in [0.1, 0.15) is 5.82 Å². The summed E-state index contributed by atoms with van der Waals surface area (Å²) in [4.78, 5) is 22.1. The second-order valence-corrected chi connectivity index (χ2v) is 7.01. The van der Waals surface area contributed by atoms with Crippen LogP contribution in [0.2, 0.25) is 5.02 Å². The summed E-state index contributed by atoms with van der Waals surface area (Å²) in [6.45, 7) is 5.21. The van der Waals surface area contributed by atoms with E-state index in [1.54, 1.807) is 23.5 Å². The molecule has 5 nitrogen and oxygen atoms in total. The minimum Gasteiger partial charge on any atom is -0.310 e. The average Bonchev–Trinajstić information content (AvgIpc) is 3.04. The van der Waals surface area contributed by atoms with Gasteiger partial charge in [0.2, 0.25) is 5.91 Å². The molecule has 0 spiro atoms. The van der Waals surface area contributed by atoms with Crippen molar-refractivity contribution in [2.75, 3.05) is 38.0 Å². The molecule has 23 heavy (non-hydrogen) atoms. The second kappa shape index (κ2) is 7.88. The zero-order chi connectivity index (χ0) is 16.1. The maximum Gasteiger partial charge on any atom is 0.239 e. The maximum atomic E-state index is 12.1. The zero-order valence-electron chi connectivity index (χ0n) is 12.7. The van der Waals surface area contributed by atoms with Crippen LogP contribution in [-0.2, 0) is 11.3 Å². The molecule has 1 fully saturated rings. The van der Waals surface area contributed by atoms with Gasteiger partial charge in [0.25, 0.3) is 0 Å². The van der Waals surface area contributed by atoms with E-state index >= 15 is 0 Å². The van der Waals surface area contributed by atoms with Crippen LogP contribution in [0.1, 0.15) is 4.88 Å². The number of piperazine rings is 1. The lowest BCUT2D eigenvalue weighted by Crippen LogP contribution is -2.48. The van der Waals surface area contributed by atoms with E-state index in [-0.39, 0.29) is 5.91 Å². The third-order valence-electron chi connectivity index (χ3n) is 3.79. The summed E-state index contributed by atoms with van der Waals surface area (Å²) < 4.78 is 0. The van der Waals surface area contributed by atoms with Crippen molar-refractivity contribution in [2.24, 2.45) is 0 Å². The Morgan fingerprint density at radius 2 is 2.00 bits per heavy atom. The van der Waals surface area contributed by atoms with E-state index in [1.807, 2.05) is 0 Å². The first-order chi connectivity index (χ1) is 11.2. The number of aromatic nitrogens is 1. The van der Waals surface area contributed by atoms with Gasteiger partial charge in [-0.1, -0.05) is 17.7 Å². The molecule has 1 aliphatic rings. The predicted octanol–water partition coefficient (Wildman–Crippen LogP) is 2.55. The largest absolute Gasteiger partial charge is 0.310 e. The number of hydrogen-bond acceptors (Lipinski definition) is 5. The van der Waals surface area contributed by atoms with Gasteiger partial charge in [-0.2, -0.15) is 0 Å². The number of anilines is 1. The Balaban J connectivity index is 1.41. The molecule has 0 aromatic carbocycles. The van der Waals surface area contributed by atoms with Crippen molar-refractivity contribution in [1.82, 2.24) is 14.8 Å². The Labute approximate surface area is 144 Å². The lowest BCUT2D eigenvalue weighted by Gasteiger charge is -2.33. The molecule has 0 radical (unpaired) electrons. The van der Waals surface area contributed by atoms with Crippen LogP contribution >= 0.6 is 22.9 Å². The van der Waals surface area contributed by atoms with E-state index in [4.69, 9.17) is 11.6 Å². The lowest BCUT2D eigenvalue weighted by molar-refractivity contribution is -0.117. The highest BCUT2D eigenvalue weighted by Crippen LogP contribution is 2.14. The summed E-state index contributed by atoms with van der Waals surface area (Å²) in [5.41, 5.74) is 0. The number of thiophene rings is 1. The van der Waals surface area contributed by atoms with Crippen LogP contribution < -0.4 is 5.32 Å². The minimum atomic E-state index is -0.0356. The average molecular weight is 351 g/mol. The number of hydrogen-bond donors (Lipinski definition) is 1. The number of pyridine rings is 1. The Morgan fingerprint density at radius 1 is 1.22 bits per heavy atom. The number of carbonyl (C=O) groups is 1. The fraction of sp³-hybridized carbons (Fsp3) is 0.375. The van der Waals surface area contributed by atoms with Crippen molar-refractivity contribution < 1.29 is 4.79 Å². The van der Waals surface area contributed by atoms with Crippen LogP contribution in [0.15, 0.2) is 35.8 Å². The molecule has 3 heterocycles. The van der Waals surface area contributed by atoms with Crippen molar-refractivity contribution in [3.05, 3.63) is 45.7 Å². The number of nitrogens with zero attached hydrogens (tertiary/aromatic N) is 3. The molecule has 0 bridgehead atoms. The van der Waals surface area contributed by atoms with Gasteiger partial charge in [-0.15, -0.1) is 11.3 Å². The summed E-state index contributed by atoms with van der Waals surface area (Å²) in [7, 11) is 0. The minimum absolute atomic E-state index is 0.0356. The molecule has 122 valence electrons. The molecule has 2 aromatic heterocycles. The monoisotopic (exact) mass is 350 g/mol. The lowest BCUT2D eigenvalue weighted by atomic mass is 10.3. The molecule has 0 atom stereocenters. The Morgan fingerprint density at radius 3 is 2.65 bits per heavy atom. The van der Waals surface area contributed by atoms with E-state index in [0.29, 0.717) is 17.4 Å². The molecule has 2 aromatic rings. The molecule has 1 amide bonds. The third-order valence-corrected chi connectivity index (χ3v) is 4.87. The van der Waals surface area contributed by atoms with Crippen LogP contribution in [0, 0.1) is 0 Å². The van der Waals surface area contributed by atoms with Gasteiger partial charge in [-0.3, -0.25) is 14.6 Å². The topological polar surface area (TPSA) is 48.5 Å². The smallest absolute Gasteiger partial charge is 0.239 e. The van der Waals surface area contributed by atoms with Gasteiger partial charge < -0.3 is 5.32 Å². The molecule has 1 saturated heterocycles. The van der Waals surface area contributed by atoms with Gasteiger partial charge >= 0.3 is 0 Å². The zero-order valence-corrected chi connectivity index (χ0v) is 14.3. The molecule has 1 N–H and O–H groups in total. The number of carbonyl (C=O) groups excluding carboxylic acids is 1. The molecular weight excluding hydrogens is 332 g/mol. The van der Waals surface area contributed by atoms with Gasteiger partial charge in [0.15, 0.2) is 0 Å². The van der Waals surface area contributed by atoms with Crippen LogP contribution in [-0.4, -0.2) is 53.4 Å². The van der Waals surface area contributed by atoms with Crippen molar-refractivity contribution in [3.8, 4) is 0 Å². The molecule has 7 heteroatoms. The highest BCUT2D eigenvalue weighted by Gasteiger charge is 2.19. The Bertz CT molecular complexity index is 624. The van der Waals surface area contributed by atoms with Gasteiger partial charge in [-0.25, -0.2) is 4.98 Å². The number of rotatable bonds is 5. The van der Waals surface area contributed by atoms with Crippen molar-refractivity contribution in [2.45, 2.75) is 6.54 Å². The molecule has 0 aliphatic carbocycles. The first kappa shape index (κ1) is 16.4. The van der Waals surface area contributed by atoms with E-state index in [1.165, 1.54) is 11.1 Å². The quantitative estimate of drug-likeness (QED) is 0.900. The molecule has 3 rings (SSSR count). The molecular formula is C16H19ClN4OS. The Hall–Kier alpha value is -1.47. The normalized spacial score (nSPS) is 16.4. The summed E-state index contributed by atoms with van der Waals surface area (Å²) in [6.07, 6.45) is 1.53. The first-order valence-corrected chi connectivity index (χ1v) is 8.83. The van der Waals surface area contributed by atoms with Gasteiger partial charge in [0, 0.05) is 43.8 Å². The van der Waals surface area contributed by atoms with E-state index < -0.39 is 0 Å². The number of nitrogens with one attached hydrogen (secondary N) is 1. The van der Waals surface area contributed by atoms with Crippen LogP contribution in [0.4, 0.5) is 5.82 Å². The number of amides is 1. The van der Waals surface area contributed by atoms with E-state index in [9.17, 15) is 4.79 Å². The Kier molecular flexibility index (Phi) is 5.61. The molecule has 0 unspecified atom stereocenters. The highest BCUT2D eigenvalue weighted by molar-refractivity contribution is 7.09. The molecule has 1 aliphatic heterocycles. The van der Waals surface area contributed by atoms with E-state index in [2.05, 4.69) is 37.6 Å². The highest BCUT2D eigenvalue weighted by atomic mass is 35.5. The maximum absolute atomic E-state index is 12.1. The first-order valence-electron chi connectivity index (χ1n) is 7.57. The predicted molar refractivity (Wildman–Crippen MR) is 93.9 cm³/mol. The van der Waals surface area contributed by atoms with Gasteiger partial charge in [-0.05, 0) is 23.6 Å². The SMILES string of the molecule is O=C(CN1CCN(Cc2cccs2)CC1)Nc1ccc(Cl)cn1. The summed E-state index contributed by atoms with van der Waals surface area (Å²) in [5, 5.41) is 5.47. The second-order valence-electron chi connectivity index (χ2n) is 5.54. The summed E-state index contributed by atoms with van der Waals surface area (Å²) in [5.74, 6) is 0.502. The van der Waals surface area contributed by atoms with Crippen LogP contribution in [0.5, 0.6) is 0 Å². The van der Waals surface area contributed by atoms with Crippen LogP contribution in [0.3, 0.4) is 0 Å². The standard InChI is InChI=1S/C16H19ClN4OS/c17-13-3-4-15(18-10-13)19-16(22)12-21-7-5-20(6-8-21)11-14-2-1-9-23-14/h1-4,9-10H,5-8,11-12H2,(H,18,19,22). The van der Waals surface area contributed by atoms with Crippen LogP contribution in [0.25, 0.3) is 0 Å². The molecule has 0 saturated carbocycles. The fourth-order valence-electron chi connectivity index (χ4n) is 2.56. The van der Waals surface area contributed by atoms with Crippen molar-refractivity contribution in [1.29, 1.82) is 0 Å². The van der Waals surface area contributed by atoms with E-state index in [0.717, 1.165) is 32.7 Å². The number of halogens is 1. The summed E-state index contributed by atoms with van der Waals surface area (Å²) in [6, 6.07) is 7.68. The van der Waals surface area contributed by atoms with Gasteiger partial charge in [0.05, 0.1) is 11.6 Å².